The third-order valence-electron chi connectivity index (χ3n) is 3.77. The predicted octanol–water partition coefficient (Wildman–Crippen LogP) is 1.27. The number of carbonyl (C=O) groups excluding carboxylic acids is 1. The van der Waals surface area contributed by atoms with Gasteiger partial charge in [-0.25, -0.2) is 0 Å². The number of nitrogens with zero attached hydrogens (tertiary/aromatic N) is 5. The van der Waals surface area contributed by atoms with Crippen molar-refractivity contribution in [3.05, 3.63) is 29.7 Å². The second-order valence-corrected chi connectivity index (χ2v) is 5.34. The van der Waals surface area contributed by atoms with E-state index in [-0.39, 0.29) is 11.9 Å². The Kier molecular flexibility index (Phi) is 3.72. The molecule has 0 bridgehead atoms. The van der Waals surface area contributed by atoms with E-state index < -0.39 is 0 Å². The molecule has 7 nitrogen and oxygen atoms in total. The van der Waals surface area contributed by atoms with E-state index in [1.807, 2.05) is 25.1 Å². The van der Waals surface area contributed by atoms with Crippen LogP contribution < -0.4 is 0 Å². The van der Waals surface area contributed by atoms with Crippen LogP contribution in [0.2, 0.25) is 0 Å². The van der Waals surface area contributed by atoms with E-state index in [4.69, 9.17) is 4.52 Å². The fourth-order valence-corrected chi connectivity index (χ4v) is 2.72. The molecule has 1 unspecified atom stereocenters. The second-order valence-electron chi connectivity index (χ2n) is 5.34. The third-order valence-corrected chi connectivity index (χ3v) is 3.77. The quantitative estimate of drug-likeness (QED) is 0.847. The fourth-order valence-electron chi connectivity index (χ4n) is 2.72. The number of aromatic nitrogens is 4. The van der Waals surface area contributed by atoms with Crippen molar-refractivity contribution < 1.29 is 9.32 Å². The molecule has 21 heavy (non-hydrogen) atoms. The molecule has 3 rings (SSSR count). The van der Waals surface area contributed by atoms with Gasteiger partial charge in [-0.15, -0.1) is 0 Å². The molecule has 112 valence electrons. The molecule has 2 aromatic rings. The van der Waals surface area contributed by atoms with Crippen molar-refractivity contribution in [2.24, 2.45) is 7.05 Å². The van der Waals surface area contributed by atoms with Crippen molar-refractivity contribution in [2.75, 3.05) is 6.54 Å². The van der Waals surface area contributed by atoms with E-state index in [0.29, 0.717) is 24.6 Å². The van der Waals surface area contributed by atoms with E-state index in [0.717, 1.165) is 24.9 Å². The highest BCUT2D eigenvalue weighted by atomic mass is 16.5. The molecule has 0 spiro atoms. The molecule has 0 saturated carbocycles. The first kappa shape index (κ1) is 13.8. The first-order valence-electron chi connectivity index (χ1n) is 7.27. The Balaban J connectivity index is 1.72. The summed E-state index contributed by atoms with van der Waals surface area (Å²) in [5, 5.41) is 8.11. The summed E-state index contributed by atoms with van der Waals surface area (Å²) < 4.78 is 6.87. The topological polar surface area (TPSA) is 77.1 Å². The van der Waals surface area contributed by atoms with Crippen molar-refractivity contribution in [1.82, 2.24) is 24.8 Å². The van der Waals surface area contributed by atoms with Crippen molar-refractivity contribution in [3.63, 3.8) is 0 Å². The van der Waals surface area contributed by atoms with Gasteiger partial charge in [0.25, 0.3) is 0 Å². The average Bonchev–Trinajstić information content (AvgIpc) is 3.17. The molecule has 1 saturated heterocycles. The molecular formula is C14H19N5O2. The summed E-state index contributed by atoms with van der Waals surface area (Å²) in [4.78, 5) is 18.7. The van der Waals surface area contributed by atoms with Gasteiger partial charge in [-0.05, 0) is 18.4 Å². The maximum absolute atomic E-state index is 12.5. The van der Waals surface area contributed by atoms with Crippen LogP contribution in [-0.4, -0.2) is 37.3 Å². The van der Waals surface area contributed by atoms with Gasteiger partial charge in [0.15, 0.2) is 5.82 Å². The Hall–Kier alpha value is -2.18. The molecule has 1 atom stereocenters. The molecule has 7 heteroatoms. The molecule has 0 radical (unpaired) electrons. The maximum atomic E-state index is 12.5. The zero-order valence-electron chi connectivity index (χ0n) is 12.3. The van der Waals surface area contributed by atoms with Gasteiger partial charge in [0.2, 0.25) is 11.8 Å². The molecule has 0 aromatic carbocycles. The van der Waals surface area contributed by atoms with Crippen LogP contribution in [0.15, 0.2) is 16.9 Å². The normalized spacial score (nSPS) is 18.4. The molecule has 1 amide bonds. The molecule has 3 heterocycles. The molecule has 0 N–H and O–H groups in total. The van der Waals surface area contributed by atoms with Crippen molar-refractivity contribution in [3.8, 4) is 0 Å². The van der Waals surface area contributed by atoms with Crippen LogP contribution in [-0.2, 0) is 24.7 Å². The molecule has 1 aliphatic rings. The minimum absolute atomic E-state index is 0.0572. The van der Waals surface area contributed by atoms with Gasteiger partial charge in [-0.3, -0.25) is 9.48 Å². The third kappa shape index (κ3) is 2.81. The van der Waals surface area contributed by atoms with E-state index in [2.05, 4.69) is 15.2 Å². The van der Waals surface area contributed by atoms with E-state index in [9.17, 15) is 4.79 Å². The largest absolute Gasteiger partial charge is 0.339 e. The number of hydrogen-bond acceptors (Lipinski definition) is 5. The second kappa shape index (κ2) is 5.67. The number of rotatable bonds is 4. The first-order chi connectivity index (χ1) is 10.2. The number of amides is 1. The molecule has 1 aliphatic heterocycles. The summed E-state index contributed by atoms with van der Waals surface area (Å²) in [7, 11) is 1.85. The number of aryl methyl sites for hydroxylation is 2. The minimum atomic E-state index is -0.0572. The lowest BCUT2D eigenvalue weighted by Crippen LogP contribution is -2.32. The van der Waals surface area contributed by atoms with Crippen LogP contribution in [0.25, 0.3) is 0 Å². The highest BCUT2D eigenvalue weighted by molar-refractivity contribution is 5.79. The summed E-state index contributed by atoms with van der Waals surface area (Å²) in [5.41, 5.74) is 0.926. The molecule has 2 aromatic heterocycles. The highest BCUT2D eigenvalue weighted by Crippen LogP contribution is 2.30. The predicted molar refractivity (Wildman–Crippen MR) is 74.3 cm³/mol. The maximum Gasteiger partial charge on any atom is 0.227 e. The van der Waals surface area contributed by atoms with Crippen LogP contribution in [0.5, 0.6) is 0 Å². The SMILES string of the molecule is CCc1nc(C2CCCN2C(=O)Cc2cnn(C)c2)no1. The Morgan fingerprint density at radius 2 is 2.38 bits per heavy atom. The van der Waals surface area contributed by atoms with E-state index in [1.54, 1.807) is 10.9 Å². The number of likely N-dealkylation sites (tertiary alicyclic amines) is 1. The van der Waals surface area contributed by atoms with Gasteiger partial charge in [-0.1, -0.05) is 12.1 Å². The van der Waals surface area contributed by atoms with Gasteiger partial charge in [0.1, 0.15) is 0 Å². The zero-order chi connectivity index (χ0) is 14.8. The number of carbonyl (C=O) groups is 1. The molecule has 1 fully saturated rings. The number of hydrogen-bond donors (Lipinski definition) is 0. The Bertz CT molecular complexity index is 633. The fraction of sp³-hybridized carbons (Fsp3) is 0.571. The highest BCUT2D eigenvalue weighted by Gasteiger charge is 2.33. The van der Waals surface area contributed by atoms with Gasteiger partial charge >= 0.3 is 0 Å². The summed E-state index contributed by atoms with van der Waals surface area (Å²) in [5.74, 6) is 1.34. The smallest absolute Gasteiger partial charge is 0.227 e. The lowest BCUT2D eigenvalue weighted by Gasteiger charge is -2.21. The Labute approximate surface area is 122 Å². The van der Waals surface area contributed by atoms with E-state index >= 15 is 0 Å². The van der Waals surface area contributed by atoms with Gasteiger partial charge in [0.05, 0.1) is 18.7 Å². The summed E-state index contributed by atoms with van der Waals surface area (Å²) in [6.45, 7) is 2.72. The summed E-state index contributed by atoms with van der Waals surface area (Å²) in [6.07, 6.45) is 6.53. The lowest BCUT2D eigenvalue weighted by atomic mass is 10.2. The standard InChI is InChI=1S/C14H19N5O2/c1-3-12-16-14(17-21-12)11-5-4-6-19(11)13(20)7-10-8-15-18(2)9-10/h8-9,11H,3-7H2,1-2H3. The van der Waals surface area contributed by atoms with Crippen molar-refractivity contribution in [2.45, 2.75) is 38.6 Å². The summed E-state index contributed by atoms with van der Waals surface area (Å²) in [6, 6.07) is -0.0572. The molecule has 0 aliphatic carbocycles. The first-order valence-corrected chi connectivity index (χ1v) is 7.27. The van der Waals surface area contributed by atoms with Crippen LogP contribution in [0, 0.1) is 0 Å². The van der Waals surface area contributed by atoms with Crippen LogP contribution >= 0.6 is 0 Å². The van der Waals surface area contributed by atoms with Gasteiger partial charge < -0.3 is 9.42 Å². The van der Waals surface area contributed by atoms with Crippen LogP contribution in [0.4, 0.5) is 0 Å². The minimum Gasteiger partial charge on any atom is -0.339 e. The van der Waals surface area contributed by atoms with E-state index in [1.165, 1.54) is 0 Å². The van der Waals surface area contributed by atoms with Crippen molar-refractivity contribution >= 4 is 5.91 Å². The Morgan fingerprint density at radius 3 is 3.05 bits per heavy atom. The van der Waals surface area contributed by atoms with Gasteiger partial charge in [0, 0.05) is 26.2 Å². The van der Waals surface area contributed by atoms with Gasteiger partial charge in [-0.2, -0.15) is 10.1 Å². The van der Waals surface area contributed by atoms with Crippen LogP contribution in [0.3, 0.4) is 0 Å². The van der Waals surface area contributed by atoms with Crippen LogP contribution in [0.1, 0.15) is 43.1 Å². The Morgan fingerprint density at radius 1 is 1.52 bits per heavy atom. The van der Waals surface area contributed by atoms with Crippen molar-refractivity contribution in [1.29, 1.82) is 0 Å². The lowest BCUT2D eigenvalue weighted by molar-refractivity contribution is -0.131. The zero-order valence-corrected chi connectivity index (χ0v) is 12.3. The average molecular weight is 289 g/mol. The summed E-state index contributed by atoms with van der Waals surface area (Å²) >= 11 is 0. The molecular weight excluding hydrogens is 270 g/mol. The monoisotopic (exact) mass is 289 g/mol.